The molecule has 0 nitrogen and oxygen atoms in total. The first-order valence-electron chi connectivity index (χ1n) is 2.47. The van der Waals surface area contributed by atoms with E-state index in [0.29, 0.717) is 0 Å². The molecule has 2 radical (unpaired) electrons. The highest BCUT2D eigenvalue weighted by Crippen LogP contribution is 2.06. The van der Waals surface area contributed by atoms with Crippen LogP contribution in [0.15, 0.2) is 23.4 Å². The van der Waals surface area contributed by atoms with Gasteiger partial charge in [-0.1, -0.05) is 30.0 Å². The summed E-state index contributed by atoms with van der Waals surface area (Å²) in [7, 11) is 1.01. The molecule has 0 aliphatic heterocycles. The van der Waals surface area contributed by atoms with Crippen molar-refractivity contribution in [1.29, 1.82) is 0 Å². The van der Waals surface area contributed by atoms with Crippen LogP contribution in [0.2, 0.25) is 6.55 Å². The molecule has 0 spiro atoms. The smallest absolute Gasteiger partial charge is 0.0719 e. The summed E-state index contributed by atoms with van der Waals surface area (Å²) in [6.07, 6.45) is 7.74. The van der Waals surface area contributed by atoms with Gasteiger partial charge < -0.3 is 0 Å². The first kappa shape index (κ1) is 4.85. The molecule has 1 heteroatoms. The zero-order valence-corrected chi connectivity index (χ0v) is 5.44. The number of rotatable bonds is 1. The van der Waals surface area contributed by atoms with Gasteiger partial charge in [0.25, 0.3) is 0 Å². The Morgan fingerprint density at radius 3 is 2.86 bits per heavy atom. The van der Waals surface area contributed by atoms with Crippen LogP contribution in [0.25, 0.3) is 0 Å². The summed E-state index contributed by atoms with van der Waals surface area (Å²) in [5.41, 5.74) is 0. The van der Waals surface area contributed by atoms with Crippen molar-refractivity contribution >= 4 is 9.52 Å². The fourth-order valence-corrected chi connectivity index (χ4v) is 1.22. The van der Waals surface area contributed by atoms with Crippen molar-refractivity contribution in [2.24, 2.45) is 0 Å². The number of allylic oxidation sites excluding steroid dienone is 4. The zero-order valence-electron chi connectivity index (χ0n) is 4.44. The van der Waals surface area contributed by atoms with Crippen LogP contribution in [0, 0.1) is 0 Å². The normalized spacial score (nSPS) is 17.6. The molecule has 0 saturated carbocycles. The zero-order chi connectivity index (χ0) is 5.11. The van der Waals surface area contributed by atoms with E-state index >= 15 is 0 Å². The van der Waals surface area contributed by atoms with E-state index in [9.17, 15) is 0 Å². The van der Waals surface area contributed by atoms with Gasteiger partial charge >= 0.3 is 0 Å². The van der Waals surface area contributed by atoms with Gasteiger partial charge in [0.05, 0.1) is 9.52 Å². The minimum Gasteiger partial charge on any atom is -0.0819 e. The minimum absolute atomic E-state index is 1.01. The molecular weight excluding hydrogens is 100 g/mol. The van der Waals surface area contributed by atoms with Crippen molar-refractivity contribution in [2.75, 3.05) is 0 Å². The molecule has 36 valence electrons. The summed E-state index contributed by atoms with van der Waals surface area (Å²) in [4.78, 5) is 0. The summed E-state index contributed by atoms with van der Waals surface area (Å²) in [6.45, 7) is 2.22. The average Bonchev–Trinajstić information content (AvgIpc) is 2.14. The second-order valence-electron chi connectivity index (χ2n) is 1.57. The maximum absolute atomic E-state index is 2.22. The molecule has 1 aliphatic carbocycles. The second-order valence-corrected chi connectivity index (χ2v) is 2.72. The highest BCUT2D eigenvalue weighted by atomic mass is 28.2. The summed E-state index contributed by atoms with van der Waals surface area (Å²) >= 11 is 0. The molecule has 0 N–H and O–H groups in total. The minimum atomic E-state index is 1.01. The van der Waals surface area contributed by atoms with Crippen LogP contribution in [0.5, 0.6) is 0 Å². The van der Waals surface area contributed by atoms with Crippen molar-refractivity contribution in [3.8, 4) is 0 Å². The molecule has 0 bridgehead atoms. The van der Waals surface area contributed by atoms with Gasteiger partial charge in [0.1, 0.15) is 0 Å². The van der Waals surface area contributed by atoms with E-state index < -0.39 is 0 Å². The van der Waals surface area contributed by atoms with Crippen molar-refractivity contribution in [2.45, 2.75) is 13.0 Å². The van der Waals surface area contributed by atoms with E-state index in [-0.39, 0.29) is 0 Å². The molecule has 0 amide bonds. The standard InChI is InChI=1S/C6H8Si/c1-7-6-4-2-3-5-6/h2-4H,5H2,1H3. The van der Waals surface area contributed by atoms with Crippen molar-refractivity contribution in [1.82, 2.24) is 0 Å². The maximum atomic E-state index is 2.22. The molecule has 0 atom stereocenters. The van der Waals surface area contributed by atoms with E-state index in [0.717, 1.165) is 9.52 Å². The molecule has 0 aromatic heterocycles. The highest BCUT2D eigenvalue weighted by Gasteiger charge is 1.92. The van der Waals surface area contributed by atoms with E-state index in [1.54, 1.807) is 5.20 Å². The Hall–Kier alpha value is -0.303. The Bertz CT molecular complexity index is 111. The van der Waals surface area contributed by atoms with Gasteiger partial charge in [0.2, 0.25) is 0 Å². The molecule has 1 aliphatic rings. The van der Waals surface area contributed by atoms with Crippen LogP contribution in [0.1, 0.15) is 6.42 Å². The lowest BCUT2D eigenvalue weighted by Gasteiger charge is -1.87. The topological polar surface area (TPSA) is 0 Å². The Morgan fingerprint density at radius 1 is 1.71 bits per heavy atom. The monoisotopic (exact) mass is 108 g/mol. The Labute approximate surface area is 46.8 Å². The highest BCUT2D eigenvalue weighted by molar-refractivity contribution is 6.43. The maximum Gasteiger partial charge on any atom is 0.0719 e. The number of hydrogen-bond acceptors (Lipinski definition) is 0. The van der Waals surface area contributed by atoms with Crippen LogP contribution in [0.3, 0.4) is 0 Å². The summed E-state index contributed by atoms with van der Waals surface area (Å²) in [5, 5.41) is 1.58. The summed E-state index contributed by atoms with van der Waals surface area (Å²) in [6, 6.07) is 0. The van der Waals surface area contributed by atoms with E-state index in [4.69, 9.17) is 0 Å². The molecule has 0 saturated heterocycles. The van der Waals surface area contributed by atoms with Crippen LogP contribution >= 0.6 is 0 Å². The molecule has 1 rings (SSSR count). The van der Waals surface area contributed by atoms with Gasteiger partial charge in [-0.05, 0) is 6.42 Å². The van der Waals surface area contributed by atoms with E-state index in [2.05, 4.69) is 24.8 Å². The largest absolute Gasteiger partial charge is 0.0819 e. The molecule has 0 aromatic rings. The molecule has 0 fully saturated rings. The van der Waals surface area contributed by atoms with Gasteiger partial charge in [-0.2, -0.15) is 0 Å². The Morgan fingerprint density at radius 2 is 2.57 bits per heavy atom. The van der Waals surface area contributed by atoms with E-state index in [1.807, 2.05) is 0 Å². The van der Waals surface area contributed by atoms with Crippen molar-refractivity contribution in [3.63, 3.8) is 0 Å². The third-order valence-corrected chi connectivity index (χ3v) is 2.11. The molecule has 0 unspecified atom stereocenters. The lowest BCUT2D eigenvalue weighted by atomic mass is 10.5. The van der Waals surface area contributed by atoms with Gasteiger partial charge in [-0.25, -0.2) is 0 Å². The van der Waals surface area contributed by atoms with Gasteiger partial charge in [-0.3, -0.25) is 0 Å². The summed E-state index contributed by atoms with van der Waals surface area (Å²) < 4.78 is 0. The predicted octanol–water partition coefficient (Wildman–Crippen LogP) is 1.58. The van der Waals surface area contributed by atoms with Crippen LogP contribution in [-0.2, 0) is 0 Å². The Kier molecular flexibility index (Phi) is 1.47. The van der Waals surface area contributed by atoms with Crippen molar-refractivity contribution < 1.29 is 0 Å². The fourth-order valence-electron chi connectivity index (χ4n) is 0.633. The first-order chi connectivity index (χ1) is 3.43. The first-order valence-corrected chi connectivity index (χ1v) is 3.97. The second kappa shape index (κ2) is 2.12. The van der Waals surface area contributed by atoms with Crippen LogP contribution < -0.4 is 0 Å². The van der Waals surface area contributed by atoms with Crippen LogP contribution in [-0.4, -0.2) is 9.52 Å². The molecule has 0 aromatic carbocycles. The quantitative estimate of drug-likeness (QED) is 0.447. The third-order valence-electron chi connectivity index (χ3n) is 1.09. The van der Waals surface area contributed by atoms with E-state index in [1.165, 1.54) is 6.42 Å². The molecule has 0 heterocycles. The average molecular weight is 108 g/mol. The van der Waals surface area contributed by atoms with Gasteiger partial charge in [-0.15, -0.1) is 0 Å². The number of hydrogen-bond donors (Lipinski definition) is 0. The lowest BCUT2D eigenvalue weighted by Crippen LogP contribution is -1.83. The molecular formula is C6H8Si. The van der Waals surface area contributed by atoms with Crippen molar-refractivity contribution in [3.05, 3.63) is 23.4 Å². The van der Waals surface area contributed by atoms with Gasteiger partial charge in [0.15, 0.2) is 0 Å². The Balaban J connectivity index is 2.45. The SMILES string of the molecule is C[Si]C1=CC=CC1. The summed E-state index contributed by atoms with van der Waals surface area (Å²) in [5.74, 6) is 0. The fraction of sp³-hybridized carbons (Fsp3) is 0.333. The van der Waals surface area contributed by atoms with Crippen LogP contribution in [0.4, 0.5) is 0 Å². The van der Waals surface area contributed by atoms with Gasteiger partial charge in [0, 0.05) is 0 Å². The molecule has 7 heavy (non-hydrogen) atoms. The third kappa shape index (κ3) is 1.03. The predicted molar refractivity (Wildman–Crippen MR) is 33.5 cm³/mol. The lowest BCUT2D eigenvalue weighted by molar-refractivity contribution is 1.40.